The number of ether oxygens (including phenoxy) is 2. The number of rotatable bonds is 7. The first-order chi connectivity index (χ1) is 13.6. The summed E-state index contributed by atoms with van der Waals surface area (Å²) < 4.78 is 10.3. The van der Waals surface area contributed by atoms with Crippen molar-refractivity contribution in [2.75, 3.05) is 25.2 Å². The average molecular weight is 402 g/mol. The van der Waals surface area contributed by atoms with Gasteiger partial charge in [-0.25, -0.2) is 0 Å². The number of amides is 2. The predicted octanol–water partition coefficient (Wildman–Crippen LogP) is 2.67. The molecule has 1 N–H and O–H groups in total. The number of anilines is 1. The van der Waals surface area contributed by atoms with E-state index >= 15 is 0 Å². The van der Waals surface area contributed by atoms with E-state index in [1.165, 1.54) is 18.4 Å². The van der Waals surface area contributed by atoms with Gasteiger partial charge < -0.3 is 19.7 Å². The number of fused-ring (bicyclic) bond motifs is 1. The van der Waals surface area contributed by atoms with Crippen LogP contribution in [-0.4, -0.2) is 38.0 Å². The fraction of sp³-hybridized carbons (Fsp3) is 0.350. The topological polar surface area (TPSA) is 84.9 Å². The van der Waals surface area contributed by atoms with Crippen molar-refractivity contribution in [2.45, 2.75) is 25.3 Å². The van der Waals surface area contributed by atoms with Crippen molar-refractivity contribution in [2.24, 2.45) is 0 Å². The van der Waals surface area contributed by atoms with E-state index in [-0.39, 0.29) is 31.1 Å². The number of benzene rings is 1. The van der Waals surface area contributed by atoms with E-state index < -0.39 is 12.0 Å². The summed E-state index contributed by atoms with van der Waals surface area (Å²) in [5.41, 5.74) is 0.723. The highest BCUT2D eigenvalue weighted by Crippen LogP contribution is 2.31. The molecule has 1 aliphatic heterocycles. The number of methoxy groups -OCH3 is 1. The second-order valence-electron chi connectivity index (χ2n) is 6.28. The van der Waals surface area contributed by atoms with Crippen molar-refractivity contribution >= 4 is 34.8 Å². The van der Waals surface area contributed by atoms with Gasteiger partial charge in [-0.3, -0.25) is 14.4 Å². The van der Waals surface area contributed by atoms with Crippen molar-refractivity contribution in [3.8, 4) is 5.75 Å². The Kier molecular flexibility index (Phi) is 6.65. The Bertz CT molecular complexity index is 837. The second-order valence-corrected chi connectivity index (χ2v) is 7.26. The van der Waals surface area contributed by atoms with E-state index in [1.807, 2.05) is 41.8 Å². The minimum absolute atomic E-state index is 0.0431. The number of nitrogens with one attached hydrogen (secondary N) is 1. The van der Waals surface area contributed by atoms with Crippen LogP contribution in [0.3, 0.4) is 0 Å². The first-order valence-corrected chi connectivity index (χ1v) is 9.88. The number of carbonyl (C=O) groups excluding carboxylic acids is 3. The van der Waals surface area contributed by atoms with Gasteiger partial charge in [0, 0.05) is 17.7 Å². The van der Waals surface area contributed by atoms with Gasteiger partial charge in [-0.2, -0.15) is 0 Å². The van der Waals surface area contributed by atoms with Crippen molar-refractivity contribution in [1.29, 1.82) is 0 Å². The molecular formula is C20H22N2O5S. The van der Waals surface area contributed by atoms with Crippen molar-refractivity contribution in [1.82, 2.24) is 5.32 Å². The van der Waals surface area contributed by atoms with E-state index in [2.05, 4.69) is 5.32 Å². The van der Waals surface area contributed by atoms with Crippen LogP contribution in [0, 0.1) is 0 Å². The van der Waals surface area contributed by atoms with Gasteiger partial charge in [0.05, 0.1) is 31.8 Å². The Morgan fingerprint density at radius 1 is 1.21 bits per heavy atom. The van der Waals surface area contributed by atoms with Crippen LogP contribution in [0.5, 0.6) is 5.75 Å². The summed E-state index contributed by atoms with van der Waals surface area (Å²) in [5, 5.41) is 4.72. The maximum Gasteiger partial charge on any atom is 0.307 e. The summed E-state index contributed by atoms with van der Waals surface area (Å²) in [7, 11) is 1.31. The van der Waals surface area contributed by atoms with Crippen LogP contribution in [0.4, 0.5) is 5.69 Å². The molecule has 8 heteroatoms. The molecule has 3 rings (SSSR count). The molecule has 2 heterocycles. The van der Waals surface area contributed by atoms with Crippen LogP contribution in [0.15, 0.2) is 41.8 Å². The van der Waals surface area contributed by atoms with Gasteiger partial charge in [0.25, 0.3) is 0 Å². The first-order valence-electron chi connectivity index (χ1n) is 9.00. The Morgan fingerprint density at radius 3 is 2.79 bits per heavy atom. The van der Waals surface area contributed by atoms with Gasteiger partial charge in [0.1, 0.15) is 12.4 Å². The average Bonchev–Trinajstić information content (AvgIpc) is 3.26. The van der Waals surface area contributed by atoms with Crippen LogP contribution in [0.2, 0.25) is 0 Å². The fourth-order valence-corrected chi connectivity index (χ4v) is 3.79. The Morgan fingerprint density at radius 2 is 2.04 bits per heavy atom. The molecular weight excluding hydrogens is 380 g/mol. The Hall–Kier alpha value is -2.87. The van der Waals surface area contributed by atoms with E-state index in [9.17, 15) is 14.4 Å². The van der Waals surface area contributed by atoms with Gasteiger partial charge in [0.15, 0.2) is 0 Å². The Balaban J connectivity index is 1.57. The summed E-state index contributed by atoms with van der Waals surface area (Å²) in [6, 6.07) is 10.6. The van der Waals surface area contributed by atoms with E-state index in [4.69, 9.17) is 9.47 Å². The smallest absolute Gasteiger partial charge is 0.307 e. The quantitative estimate of drug-likeness (QED) is 0.720. The van der Waals surface area contributed by atoms with E-state index in [1.54, 1.807) is 4.90 Å². The largest absolute Gasteiger partial charge is 0.490 e. The maximum atomic E-state index is 12.6. The van der Waals surface area contributed by atoms with Crippen LogP contribution in [-0.2, 0) is 19.1 Å². The minimum Gasteiger partial charge on any atom is -0.490 e. The van der Waals surface area contributed by atoms with Gasteiger partial charge in [-0.05, 0) is 23.6 Å². The number of carbonyl (C=O) groups is 3. The van der Waals surface area contributed by atoms with Crippen molar-refractivity contribution < 1.29 is 23.9 Å². The van der Waals surface area contributed by atoms with Crippen LogP contribution < -0.4 is 15.0 Å². The van der Waals surface area contributed by atoms with Crippen LogP contribution in [0.25, 0.3) is 0 Å². The number of thiophene rings is 1. The lowest BCUT2D eigenvalue weighted by atomic mass is 10.1. The zero-order valence-electron chi connectivity index (χ0n) is 15.6. The summed E-state index contributed by atoms with van der Waals surface area (Å²) in [4.78, 5) is 39.2. The highest BCUT2D eigenvalue weighted by molar-refractivity contribution is 7.10. The predicted molar refractivity (Wildman–Crippen MR) is 105 cm³/mol. The molecule has 0 fully saturated rings. The lowest BCUT2D eigenvalue weighted by Gasteiger charge is -2.29. The molecule has 1 atom stereocenters. The molecule has 148 valence electrons. The Labute approximate surface area is 167 Å². The molecule has 28 heavy (non-hydrogen) atoms. The van der Waals surface area contributed by atoms with Gasteiger partial charge in [0.2, 0.25) is 11.8 Å². The number of hydrogen-bond acceptors (Lipinski definition) is 6. The SMILES string of the molecule is COC(=O)CC(NC(=O)CCC(=O)N1CCOc2ccccc21)c1cccs1. The third kappa shape index (κ3) is 4.89. The number of hydrogen-bond donors (Lipinski definition) is 1. The molecule has 0 bridgehead atoms. The van der Waals surface area contributed by atoms with Gasteiger partial charge in [-0.1, -0.05) is 18.2 Å². The molecule has 0 saturated carbocycles. The van der Waals surface area contributed by atoms with Crippen molar-refractivity contribution in [3.63, 3.8) is 0 Å². The molecule has 0 aliphatic carbocycles. The normalized spacial score (nSPS) is 13.8. The monoisotopic (exact) mass is 402 g/mol. The minimum atomic E-state index is -0.459. The number of esters is 1. The molecule has 1 unspecified atom stereocenters. The highest BCUT2D eigenvalue weighted by Gasteiger charge is 2.25. The molecule has 0 radical (unpaired) electrons. The van der Waals surface area contributed by atoms with E-state index in [0.717, 1.165) is 10.6 Å². The molecule has 2 amide bonds. The molecule has 1 aromatic heterocycles. The molecule has 2 aromatic rings. The number of nitrogens with zero attached hydrogens (tertiary/aromatic N) is 1. The maximum absolute atomic E-state index is 12.6. The highest BCUT2D eigenvalue weighted by atomic mass is 32.1. The van der Waals surface area contributed by atoms with Crippen LogP contribution >= 0.6 is 11.3 Å². The molecule has 1 aliphatic rings. The third-order valence-corrected chi connectivity index (χ3v) is 5.40. The molecule has 1 aromatic carbocycles. The first kappa shape index (κ1) is 19.9. The molecule has 0 spiro atoms. The van der Waals surface area contributed by atoms with Crippen molar-refractivity contribution in [3.05, 3.63) is 46.7 Å². The zero-order chi connectivity index (χ0) is 19.9. The summed E-state index contributed by atoms with van der Waals surface area (Å²) in [6.07, 6.45) is 0.171. The third-order valence-electron chi connectivity index (χ3n) is 4.42. The summed E-state index contributed by atoms with van der Waals surface area (Å²) >= 11 is 1.45. The molecule has 7 nitrogen and oxygen atoms in total. The lowest BCUT2D eigenvalue weighted by molar-refractivity contribution is -0.141. The van der Waals surface area contributed by atoms with Gasteiger partial charge >= 0.3 is 5.97 Å². The summed E-state index contributed by atoms with van der Waals surface area (Å²) in [6.45, 7) is 0.881. The van der Waals surface area contributed by atoms with E-state index in [0.29, 0.717) is 18.9 Å². The second kappa shape index (κ2) is 9.36. The molecule has 0 saturated heterocycles. The lowest BCUT2D eigenvalue weighted by Crippen LogP contribution is -2.38. The zero-order valence-corrected chi connectivity index (χ0v) is 16.4. The van der Waals surface area contributed by atoms with Crippen LogP contribution in [0.1, 0.15) is 30.2 Å². The summed E-state index contributed by atoms with van der Waals surface area (Å²) in [5.74, 6) is -0.147. The fourth-order valence-electron chi connectivity index (χ4n) is 3.01. The number of para-hydroxylation sites is 2. The standard InChI is InChI=1S/C20H22N2O5S/c1-26-20(25)13-14(17-7-4-12-28-17)21-18(23)8-9-19(24)22-10-11-27-16-6-3-2-5-15(16)22/h2-7,12,14H,8-11,13H2,1H3,(H,21,23). The van der Waals surface area contributed by atoms with Gasteiger partial charge in [-0.15, -0.1) is 11.3 Å².